The molecule has 4 amide bonds. The van der Waals surface area contributed by atoms with Gasteiger partial charge in [-0.2, -0.15) is 0 Å². The number of allylic oxidation sites excluding steroid dienone is 2. The Morgan fingerprint density at radius 2 is 1.07 bits per heavy atom. The van der Waals surface area contributed by atoms with Gasteiger partial charge in [-0.15, -0.1) is 0 Å². The average Bonchev–Trinajstić information content (AvgIpc) is 3.61. The van der Waals surface area contributed by atoms with E-state index >= 15 is 0 Å². The molecule has 0 unspecified atom stereocenters. The highest BCUT2D eigenvalue weighted by molar-refractivity contribution is 6.24. The van der Waals surface area contributed by atoms with E-state index < -0.39 is 124 Å². The molecule has 0 spiro atoms. The van der Waals surface area contributed by atoms with Crippen molar-refractivity contribution in [3.8, 4) is 17.2 Å². The number of phenolic OH excluding ortho intramolecular Hbond substituents is 1. The number of carbonyl (C=O) groups is 4. The third-order valence-electron chi connectivity index (χ3n) is 11.8. The van der Waals surface area contributed by atoms with Crippen LogP contribution >= 0.6 is 0 Å². The molecule has 318 valence electrons. The Balaban J connectivity index is 1.40. The second kappa shape index (κ2) is 14.8. The Hall–Kier alpha value is -7.72. The van der Waals surface area contributed by atoms with Gasteiger partial charge >= 0.3 is 22.7 Å². The quantitative estimate of drug-likeness (QED) is 0.122. The van der Waals surface area contributed by atoms with E-state index in [-0.39, 0.29) is 35.6 Å². The van der Waals surface area contributed by atoms with Crippen molar-refractivity contribution < 1.29 is 53.5 Å². The highest BCUT2D eigenvalue weighted by atomic mass is 16.6. The number of carbonyl (C=O) groups excluding carboxylic acids is 4. The van der Waals surface area contributed by atoms with E-state index in [0.717, 1.165) is 34.1 Å². The number of hydrogen-bond donors (Lipinski definition) is 1. The Kier molecular flexibility index (Phi) is 10.1. The van der Waals surface area contributed by atoms with Gasteiger partial charge in [0.05, 0.1) is 69.0 Å². The predicted molar refractivity (Wildman–Crippen MR) is 212 cm³/mol. The zero-order valence-electron chi connectivity index (χ0n) is 33.2. The molecule has 1 saturated carbocycles. The van der Waals surface area contributed by atoms with Crippen LogP contribution in [0.25, 0.3) is 0 Å². The number of fused-ring (bicyclic) bond motifs is 4. The fraction of sp³-hybridized carbons (Fsp3) is 0.368. The fourth-order valence-electron chi connectivity index (χ4n) is 9.52. The Labute approximate surface area is 343 Å². The molecular weight excluding hydrogens is 808 g/mol. The lowest BCUT2D eigenvalue weighted by Gasteiger charge is -2.44. The number of benzene rings is 3. The van der Waals surface area contributed by atoms with Crippen LogP contribution < -0.4 is 29.1 Å². The van der Waals surface area contributed by atoms with Crippen molar-refractivity contribution in [3.63, 3.8) is 0 Å². The minimum Gasteiger partial charge on any atom is -0.507 e. The first-order valence-electron chi connectivity index (χ1n) is 18.4. The number of nitrogens with zero attached hydrogens (tertiary/aromatic N) is 8. The SMILES string of the molecule is COc1cc(O)c([C@H]2C3=CC[C@@H]4C(=O)N(c5cc([N+](=O)[O-])c(N(C)C)c([N+](=O)[O-])c5)C(=O)[C@@H]4[C@@H]3C[C@H]3C(=O)N(c4cc([N+](=O)[O-])c(N(C)C)c([N+](=O)[O-])c4)C(=O)[C@@H]23)c(OC)c1. The van der Waals surface area contributed by atoms with E-state index in [1.165, 1.54) is 54.5 Å². The van der Waals surface area contributed by atoms with Crippen LogP contribution in [-0.2, 0) is 19.2 Å². The highest BCUT2D eigenvalue weighted by Gasteiger charge is 2.63. The Bertz CT molecular complexity index is 2490. The minimum absolute atomic E-state index is 0.000589. The number of rotatable bonds is 11. The molecule has 3 fully saturated rings. The number of nitro benzene ring substituents is 4. The molecule has 2 heterocycles. The number of phenols is 1. The number of imide groups is 2. The normalized spacial score (nSPS) is 22.9. The van der Waals surface area contributed by atoms with Crippen molar-refractivity contribution in [2.24, 2.45) is 29.6 Å². The van der Waals surface area contributed by atoms with E-state index in [0.29, 0.717) is 15.4 Å². The molecule has 6 atom stereocenters. The zero-order valence-corrected chi connectivity index (χ0v) is 33.2. The Morgan fingerprint density at radius 1 is 0.623 bits per heavy atom. The van der Waals surface area contributed by atoms with E-state index in [1.807, 2.05) is 0 Å². The van der Waals surface area contributed by atoms with Crippen molar-refractivity contribution in [1.29, 1.82) is 0 Å². The van der Waals surface area contributed by atoms with Crippen LogP contribution in [-0.4, -0.2) is 90.8 Å². The lowest BCUT2D eigenvalue weighted by atomic mass is 9.57. The maximum atomic E-state index is 14.8. The molecule has 23 nitrogen and oxygen atoms in total. The summed E-state index contributed by atoms with van der Waals surface area (Å²) in [6.45, 7) is 0. The molecule has 1 N–H and O–H groups in total. The second-order valence-electron chi connectivity index (χ2n) is 15.3. The molecule has 3 aromatic rings. The Morgan fingerprint density at radius 3 is 1.48 bits per heavy atom. The summed E-state index contributed by atoms with van der Waals surface area (Å²) in [4.78, 5) is 107. The topological polar surface area (TPSA) is 292 Å². The summed E-state index contributed by atoms with van der Waals surface area (Å²) >= 11 is 0. The predicted octanol–water partition coefficient (Wildman–Crippen LogP) is 4.22. The van der Waals surface area contributed by atoms with Gasteiger partial charge in [0, 0.05) is 76.1 Å². The lowest BCUT2D eigenvalue weighted by Crippen LogP contribution is -2.43. The van der Waals surface area contributed by atoms with Crippen molar-refractivity contribution in [2.75, 3.05) is 62.0 Å². The summed E-state index contributed by atoms with van der Waals surface area (Å²) in [5, 5.41) is 60.5. The number of methoxy groups -OCH3 is 2. The monoisotopic (exact) mass is 844 g/mol. The van der Waals surface area contributed by atoms with Crippen LogP contribution in [0.4, 0.5) is 45.5 Å². The molecule has 3 aromatic carbocycles. The van der Waals surface area contributed by atoms with Gasteiger partial charge in [-0.1, -0.05) is 11.6 Å². The summed E-state index contributed by atoms with van der Waals surface area (Å²) < 4.78 is 11.0. The molecule has 61 heavy (non-hydrogen) atoms. The van der Waals surface area contributed by atoms with Gasteiger partial charge in [-0.05, 0) is 18.8 Å². The maximum absolute atomic E-state index is 14.8. The molecule has 23 heteroatoms. The average molecular weight is 845 g/mol. The largest absolute Gasteiger partial charge is 0.507 e. The lowest BCUT2D eigenvalue weighted by molar-refractivity contribution is -0.392. The molecule has 0 radical (unpaired) electrons. The number of amides is 4. The van der Waals surface area contributed by atoms with Gasteiger partial charge in [0.15, 0.2) is 11.4 Å². The highest BCUT2D eigenvalue weighted by Crippen LogP contribution is 2.61. The first-order valence-corrected chi connectivity index (χ1v) is 18.4. The number of aromatic hydroxyl groups is 1. The van der Waals surface area contributed by atoms with Gasteiger partial charge in [0.1, 0.15) is 17.2 Å². The van der Waals surface area contributed by atoms with E-state index in [1.54, 1.807) is 6.08 Å². The van der Waals surface area contributed by atoms with Crippen LogP contribution in [0.1, 0.15) is 24.3 Å². The first-order chi connectivity index (χ1) is 28.7. The number of hydrogen-bond acceptors (Lipinski definition) is 17. The molecule has 0 bridgehead atoms. The summed E-state index contributed by atoms with van der Waals surface area (Å²) in [5.41, 5.74) is -4.40. The molecule has 4 aliphatic rings. The molecular formula is C38H36N8O15. The van der Waals surface area contributed by atoms with Crippen molar-refractivity contribution in [1.82, 2.24) is 0 Å². The van der Waals surface area contributed by atoms with Crippen LogP contribution in [0.3, 0.4) is 0 Å². The van der Waals surface area contributed by atoms with Gasteiger partial charge in [-0.25, -0.2) is 9.80 Å². The van der Waals surface area contributed by atoms with Gasteiger partial charge in [0.2, 0.25) is 23.6 Å². The van der Waals surface area contributed by atoms with Crippen molar-refractivity contribution in [2.45, 2.75) is 18.8 Å². The first kappa shape index (κ1) is 41.4. The van der Waals surface area contributed by atoms with E-state index in [2.05, 4.69) is 0 Å². The van der Waals surface area contributed by atoms with Gasteiger partial charge < -0.3 is 24.4 Å². The number of nitro groups is 4. The standard InChI is InChI=1S/C38H36N8O15/c1-39(2)33-23(43(52)53)9-16(10-24(33)44(54)55)41-35(48)20-8-7-19-21(29(20)37(41)50)15-22-31(30(19)32-27(47)13-18(60-5)14-28(32)61-6)38(51)42(36(22)49)17-11-25(45(56)57)34(40(3)4)26(12-17)46(58)59/h7,9-14,20-22,29-31,47H,8,15H2,1-6H3/t20-,21+,22+,29-,30-,31+/m0/s1. The maximum Gasteiger partial charge on any atom is 0.301 e. The van der Waals surface area contributed by atoms with Gasteiger partial charge in [-0.3, -0.25) is 59.6 Å². The van der Waals surface area contributed by atoms with E-state index in [4.69, 9.17) is 9.47 Å². The zero-order chi connectivity index (χ0) is 44.7. The second-order valence-corrected chi connectivity index (χ2v) is 15.3. The van der Waals surface area contributed by atoms with Crippen molar-refractivity contribution in [3.05, 3.63) is 94.1 Å². The minimum atomic E-state index is -1.39. The third kappa shape index (κ3) is 6.26. The number of ether oxygens (including phenoxy) is 2. The molecule has 2 aliphatic carbocycles. The smallest absolute Gasteiger partial charge is 0.301 e. The summed E-state index contributed by atoms with van der Waals surface area (Å²) in [6.07, 6.45) is 1.19. The van der Waals surface area contributed by atoms with Crippen LogP contribution in [0.2, 0.25) is 0 Å². The van der Waals surface area contributed by atoms with Crippen LogP contribution in [0.15, 0.2) is 48.0 Å². The van der Waals surface area contributed by atoms with Gasteiger partial charge in [0.25, 0.3) is 0 Å². The third-order valence-corrected chi connectivity index (χ3v) is 11.8. The number of anilines is 4. The van der Waals surface area contributed by atoms with Crippen LogP contribution in [0, 0.1) is 70.0 Å². The summed E-state index contributed by atoms with van der Waals surface area (Å²) in [6, 6.07) is 6.17. The fourth-order valence-corrected chi connectivity index (χ4v) is 9.52. The van der Waals surface area contributed by atoms with Crippen LogP contribution in [0.5, 0.6) is 17.2 Å². The summed E-state index contributed by atoms with van der Waals surface area (Å²) in [7, 11) is 7.99. The molecule has 0 aromatic heterocycles. The molecule has 2 saturated heterocycles. The molecule has 7 rings (SSSR count). The van der Waals surface area contributed by atoms with E-state index in [9.17, 15) is 64.7 Å². The summed E-state index contributed by atoms with van der Waals surface area (Å²) in [5.74, 6) is -11.4. The molecule has 2 aliphatic heterocycles. The van der Waals surface area contributed by atoms with Crippen molar-refractivity contribution >= 4 is 69.1 Å².